The molecular weight excluding hydrogens is 244 g/mol. The van der Waals surface area contributed by atoms with Crippen LogP contribution in [0.3, 0.4) is 0 Å². The highest BCUT2D eigenvalue weighted by Crippen LogP contribution is 2.13. The first-order valence-electron chi connectivity index (χ1n) is 6.65. The molecule has 1 aromatic carbocycles. The fourth-order valence-electron chi connectivity index (χ4n) is 2.13. The second-order valence-electron chi connectivity index (χ2n) is 4.63. The average molecular weight is 264 g/mol. The van der Waals surface area contributed by atoms with Gasteiger partial charge in [0.15, 0.2) is 0 Å². The second-order valence-corrected chi connectivity index (χ2v) is 4.63. The molecule has 0 saturated carbocycles. The zero-order chi connectivity index (χ0) is 13.5. The first-order valence-corrected chi connectivity index (χ1v) is 6.65. The summed E-state index contributed by atoms with van der Waals surface area (Å²) in [5, 5.41) is 12.2. The van der Waals surface area contributed by atoms with Crippen molar-refractivity contribution >= 4 is 5.97 Å². The van der Waals surface area contributed by atoms with Crippen LogP contribution in [0.5, 0.6) is 5.75 Å². The average Bonchev–Trinajstić information content (AvgIpc) is 2.45. The van der Waals surface area contributed by atoms with Crippen molar-refractivity contribution in [1.29, 1.82) is 0 Å². The Morgan fingerprint density at radius 1 is 1.37 bits per heavy atom. The first kappa shape index (κ1) is 13.8. The summed E-state index contributed by atoms with van der Waals surface area (Å²) in [7, 11) is 0. The van der Waals surface area contributed by atoms with E-state index in [0.29, 0.717) is 12.4 Å². The van der Waals surface area contributed by atoms with Gasteiger partial charge in [-0.25, -0.2) is 4.79 Å². The molecule has 2 N–H and O–H groups in total. The van der Waals surface area contributed by atoms with E-state index in [-0.39, 0.29) is 5.56 Å². The number of ether oxygens (including phenoxy) is 1. The van der Waals surface area contributed by atoms with Gasteiger partial charge in [-0.15, -0.1) is 0 Å². The standard InChI is InChI=1S/C14H20N2O3/c17-14(18)12-3-1-4-13(11-12)19-10-2-7-16-8-5-15-6-9-16/h1,3-4,11,15H,2,5-10H2,(H,17,18). The van der Waals surface area contributed by atoms with Crippen LogP contribution < -0.4 is 10.1 Å². The zero-order valence-electron chi connectivity index (χ0n) is 11.0. The number of carboxylic acids is 1. The lowest BCUT2D eigenvalue weighted by atomic mass is 10.2. The molecule has 0 atom stereocenters. The monoisotopic (exact) mass is 264 g/mol. The van der Waals surface area contributed by atoms with Crippen molar-refractivity contribution < 1.29 is 14.6 Å². The minimum atomic E-state index is -0.925. The van der Waals surface area contributed by atoms with Gasteiger partial charge in [-0.2, -0.15) is 0 Å². The number of aromatic carboxylic acids is 1. The van der Waals surface area contributed by atoms with Crippen LogP contribution in [0.25, 0.3) is 0 Å². The molecule has 5 heteroatoms. The van der Waals surface area contributed by atoms with Crippen LogP contribution in [0, 0.1) is 0 Å². The molecule has 0 radical (unpaired) electrons. The van der Waals surface area contributed by atoms with Crippen molar-refractivity contribution in [2.45, 2.75) is 6.42 Å². The molecule has 1 aliphatic heterocycles. The maximum absolute atomic E-state index is 10.8. The largest absolute Gasteiger partial charge is 0.494 e. The number of carboxylic acid groups (broad SMARTS) is 1. The Labute approximate surface area is 113 Å². The third-order valence-corrected chi connectivity index (χ3v) is 3.18. The number of benzene rings is 1. The van der Waals surface area contributed by atoms with Crippen molar-refractivity contribution in [1.82, 2.24) is 10.2 Å². The molecule has 0 aliphatic carbocycles. The topological polar surface area (TPSA) is 61.8 Å². The summed E-state index contributed by atoms with van der Waals surface area (Å²) in [6, 6.07) is 6.62. The number of piperazine rings is 1. The highest BCUT2D eigenvalue weighted by Gasteiger charge is 2.08. The lowest BCUT2D eigenvalue weighted by molar-refractivity contribution is 0.0696. The molecule has 0 bridgehead atoms. The molecule has 1 heterocycles. The third-order valence-electron chi connectivity index (χ3n) is 3.18. The Hall–Kier alpha value is -1.59. The predicted molar refractivity (Wildman–Crippen MR) is 72.8 cm³/mol. The van der Waals surface area contributed by atoms with Gasteiger partial charge in [0.25, 0.3) is 0 Å². The summed E-state index contributed by atoms with van der Waals surface area (Å²) in [5.74, 6) is -0.300. The number of nitrogens with one attached hydrogen (secondary N) is 1. The lowest BCUT2D eigenvalue weighted by Gasteiger charge is -2.26. The molecule has 0 spiro atoms. The van der Waals surface area contributed by atoms with Crippen LogP contribution in [0.15, 0.2) is 24.3 Å². The smallest absolute Gasteiger partial charge is 0.335 e. The SMILES string of the molecule is O=C(O)c1cccc(OCCCN2CCNCC2)c1. The molecule has 1 fully saturated rings. The van der Waals surface area contributed by atoms with Gasteiger partial charge in [0.1, 0.15) is 5.75 Å². The van der Waals surface area contributed by atoms with Crippen LogP contribution >= 0.6 is 0 Å². The number of nitrogens with zero attached hydrogens (tertiary/aromatic N) is 1. The van der Waals surface area contributed by atoms with Crippen LogP contribution in [0.1, 0.15) is 16.8 Å². The molecule has 0 aromatic heterocycles. The van der Waals surface area contributed by atoms with Gasteiger partial charge in [-0.05, 0) is 24.6 Å². The highest BCUT2D eigenvalue weighted by atomic mass is 16.5. The maximum Gasteiger partial charge on any atom is 0.335 e. The Morgan fingerprint density at radius 2 is 2.16 bits per heavy atom. The van der Waals surface area contributed by atoms with Gasteiger partial charge in [-0.3, -0.25) is 0 Å². The van der Waals surface area contributed by atoms with E-state index in [2.05, 4.69) is 10.2 Å². The molecule has 1 saturated heterocycles. The van der Waals surface area contributed by atoms with Gasteiger partial charge in [0.2, 0.25) is 0 Å². The Kier molecular flexibility index (Phi) is 5.18. The van der Waals surface area contributed by atoms with E-state index in [1.165, 1.54) is 0 Å². The Balaban J connectivity index is 1.70. The summed E-state index contributed by atoms with van der Waals surface area (Å²) in [5.41, 5.74) is 0.264. The molecular formula is C14H20N2O3. The minimum absolute atomic E-state index is 0.264. The van der Waals surface area contributed by atoms with Crippen molar-refractivity contribution in [3.63, 3.8) is 0 Å². The van der Waals surface area contributed by atoms with Gasteiger partial charge in [-0.1, -0.05) is 6.07 Å². The third kappa shape index (κ3) is 4.54. The van der Waals surface area contributed by atoms with Crippen molar-refractivity contribution in [2.24, 2.45) is 0 Å². The van der Waals surface area contributed by atoms with Crippen LogP contribution in [-0.4, -0.2) is 55.3 Å². The molecule has 2 rings (SSSR count). The van der Waals surface area contributed by atoms with Crippen LogP contribution in [-0.2, 0) is 0 Å². The minimum Gasteiger partial charge on any atom is -0.494 e. The van der Waals surface area contributed by atoms with E-state index in [4.69, 9.17) is 9.84 Å². The van der Waals surface area contributed by atoms with Gasteiger partial charge >= 0.3 is 5.97 Å². The highest BCUT2D eigenvalue weighted by molar-refractivity contribution is 5.87. The second kappa shape index (κ2) is 7.11. The summed E-state index contributed by atoms with van der Waals surface area (Å²) in [6.45, 7) is 5.94. The zero-order valence-corrected chi connectivity index (χ0v) is 11.0. The maximum atomic E-state index is 10.8. The van der Waals surface area contributed by atoms with E-state index < -0.39 is 5.97 Å². The quantitative estimate of drug-likeness (QED) is 0.752. The molecule has 5 nitrogen and oxygen atoms in total. The number of rotatable bonds is 6. The molecule has 0 unspecified atom stereocenters. The van der Waals surface area contributed by atoms with Gasteiger partial charge in [0, 0.05) is 32.7 Å². The molecule has 1 aromatic rings. The van der Waals surface area contributed by atoms with Crippen molar-refractivity contribution in [3.05, 3.63) is 29.8 Å². The normalized spacial score (nSPS) is 16.2. The van der Waals surface area contributed by atoms with Crippen LogP contribution in [0.2, 0.25) is 0 Å². The number of hydrogen-bond acceptors (Lipinski definition) is 4. The van der Waals surface area contributed by atoms with Crippen LogP contribution in [0.4, 0.5) is 0 Å². The van der Waals surface area contributed by atoms with Crippen molar-refractivity contribution in [2.75, 3.05) is 39.3 Å². The molecule has 1 aliphatic rings. The van der Waals surface area contributed by atoms with E-state index >= 15 is 0 Å². The Bertz CT molecular complexity index is 417. The fraction of sp³-hybridized carbons (Fsp3) is 0.500. The molecule has 19 heavy (non-hydrogen) atoms. The molecule has 0 amide bonds. The number of hydrogen-bond donors (Lipinski definition) is 2. The van der Waals surface area contributed by atoms with E-state index in [1.807, 2.05) is 0 Å². The van der Waals surface area contributed by atoms with E-state index in [0.717, 1.165) is 39.1 Å². The Morgan fingerprint density at radius 3 is 2.89 bits per heavy atom. The summed E-state index contributed by atoms with van der Waals surface area (Å²) >= 11 is 0. The van der Waals surface area contributed by atoms with Gasteiger partial charge < -0.3 is 20.1 Å². The van der Waals surface area contributed by atoms with E-state index in [1.54, 1.807) is 24.3 Å². The summed E-state index contributed by atoms with van der Waals surface area (Å²) in [4.78, 5) is 13.2. The van der Waals surface area contributed by atoms with Gasteiger partial charge in [0.05, 0.1) is 12.2 Å². The number of carbonyl (C=O) groups is 1. The van der Waals surface area contributed by atoms with E-state index in [9.17, 15) is 4.79 Å². The first-order chi connectivity index (χ1) is 9.25. The molecule has 104 valence electrons. The predicted octanol–water partition coefficient (Wildman–Crippen LogP) is 1.06. The summed E-state index contributed by atoms with van der Waals surface area (Å²) < 4.78 is 5.58. The summed E-state index contributed by atoms with van der Waals surface area (Å²) in [6.07, 6.45) is 0.956. The van der Waals surface area contributed by atoms with Crippen molar-refractivity contribution in [3.8, 4) is 5.75 Å². The fourth-order valence-corrected chi connectivity index (χ4v) is 2.13. The lowest BCUT2D eigenvalue weighted by Crippen LogP contribution is -2.43.